The highest BCUT2D eigenvalue weighted by Gasteiger charge is 2.19. The van der Waals surface area contributed by atoms with Gasteiger partial charge in [-0.3, -0.25) is 0 Å². The van der Waals surface area contributed by atoms with Gasteiger partial charge in [-0.25, -0.2) is 0 Å². The van der Waals surface area contributed by atoms with Crippen molar-refractivity contribution in [2.75, 3.05) is 0 Å². The second-order valence-electron chi connectivity index (χ2n) is 4.42. The number of nitrogens with one attached hydrogen (secondary N) is 1. The van der Waals surface area contributed by atoms with E-state index in [0.29, 0.717) is 0 Å². The Hall–Kier alpha value is -1.28. The molecule has 1 aliphatic carbocycles. The van der Waals surface area contributed by atoms with Crippen molar-refractivity contribution >= 4 is 10.9 Å². The van der Waals surface area contributed by atoms with Gasteiger partial charge in [0.05, 0.1) is 0 Å². The summed E-state index contributed by atoms with van der Waals surface area (Å²) in [5.74, 6) is 0. The van der Waals surface area contributed by atoms with Crippen LogP contribution in [0.4, 0.5) is 0 Å². The van der Waals surface area contributed by atoms with Gasteiger partial charge in [0.15, 0.2) is 0 Å². The lowest BCUT2D eigenvalue weighted by molar-refractivity contribution is 0.617. The predicted octanol–water partition coefficient (Wildman–Crippen LogP) is 2.89. The van der Waals surface area contributed by atoms with E-state index in [2.05, 4.69) is 29.2 Å². The Bertz CT molecular complexity index is 484. The number of benzene rings is 1. The number of para-hydroxylation sites is 1. The van der Waals surface area contributed by atoms with Gasteiger partial charge in [-0.2, -0.15) is 0 Å². The first kappa shape index (κ1) is 8.98. The molecule has 1 aliphatic rings. The molecule has 1 aromatic carbocycles. The standard InChI is InChI=1S/C13H16N2/c14-10-6-2-4-8-12-13(10)9-5-1-3-7-11(9)15-12/h1,3,5,7,10,15H,2,4,6,8,14H2. The molecular weight excluding hydrogens is 184 g/mol. The number of aromatic amines is 1. The number of aromatic nitrogens is 1. The average molecular weight is 200 g/mol. The van der Waals surface area contributed by atoms with E-state index in [9.17, 15) is 0 Å². The Kier molecular flexibility index (Phi) is 2.03. The molecule has 2 nitrogen and oxygen atoms in total. The Morgan fingerprint density at radius 2 is 2.07 bits per heavy atom. The molecule has 3 rings (SSSR count). The van der Waals surface area contributed by atoms with Crippen LogP contribution in [0.15, 0.2) is 24.3 Å². The maximum Gasteiger partial charge on any atom is 0.0459 e. The zero-order valence-electron chi connectivity index (χ0n) is 8.79. The minimum absolute atomic E-state index is 0.221. The van der Waals surface area contributed by atoms with E-state index < -0.39 is 0 Å². The molecule has 2 heteroatoms. The van der Waals surface area contributed by atoms with Gasteiger partial charge in [0, 0.05) is 22.6 Å². The van der Waals surface area contributed by atoms with Crippen molar-refractivity contribution in [3.05, 3.63) is 35.5 Å². The molecule has 3 N–H and O–H groups in total. The van der Waals surface area contributed by atoms with Gasteiger partial charge in [0.1, 0.15) is 0 Å². The number of aryl methyl sites for hydroxylation is 1. The lowest BCUT2D eigenvalue weighted by atomic mass is 10.0. The molecule has 0 saturated carbocycles. The van der Waals surface area contributed by atoms with Gasteiger partial charge in [0.25, 0.3) is 0 Å². The highest BCUT2D eigenvalue weighted by molar-refractivity contribution is 5.85. The van der Waals surface area contributed by atoms with Crippen molar-refractivity contribution in [2.45, 2.75) is 31.7 Å². The van der Waals surface area contributed by atoms with Gasteiger partial charge in [0.2, 0.25) is 0 Å². The smallest absolute Gasteiger partial charge is 0.0459 e. The van der Waals surface area contributed by atoms with Crippen LogP contribution in [0.1, 0.15) is 36.6 Å². The van der Waals surface area contributed by atoms with Crippen LogP contribution < -0.4 is 5.73 Å². The van der Waals surface area contributed by atoms with Crippen molar-refractivity contribution in [2.24, 2.45) is 5.73 Å². The van der Waals surface area contributed by atoms with E-state index in [4.69, 9.17) is 5.73 Å². The van der Waals surface area contributed by atoms with Crippen LogP contribution >= 0.6 is 0 Å². The third-order valence-corrected chi connectivity index (χ3v) is 3.39. The van der Waals surface area contributed by atoms with Crippen molar-refractivity contribution in [3.8, 4) is 0 Å². The highest BCUT2D eigenvalue weighted by Crippen LogP contribution is 2.32. The Morgan fingerprint density at radius 1 is 1.20 bits per heavy atom. The number of hydrogen-bond acceptors (Lipinski definition) is 1. The van der Waals surface area contributed by atoms with Gasteiger partial charge in [-0.15, -0.1) is 0 Å². The second-order valence-corrected chi connectivity index (χ2v) is 4.42. The largest absolute Gasteiger partial charge is 0.358 e. The van der Waals surface area contributed by atoms with Crippen molar-refractivity contribution < 1.29 is 0 Å². The summed E-state index contributed by atoms with van der Waals surface area (Å²) < 4.78 is 0. The van der Waals surface area contributed by atoms with Crippen LogP contribution in [-0.4, -0.2) is 4.98 Å². The lowest BCUT2D eigenvalue weighted by Crippen LogP contribution is -2.09. The van der Waals surface area contributed by atoms with E-state index in [1.807, 2.05) is 0 Å². The average Bonchev–Trinajstić information content (AvgIpc) is 2.53. The maximum absolute atomic E-state index is 6.24. The third kappa shape index (κ3) is 1.37. The van der Waals surface area contributed by atoms with E-state index in [1.165, 1.54) is 35.0 Å². The van der Waals surface area contributed by atoms with Gasteiger partial charge >= 0.3 is 0 Å². The maximum atomic E-state index is 6.24. The van der Waals surface area contributed by atoms with Crippen LogP contribution in [0.5, 0.6) is 0 Å². The van der Waals surface area contributed by atoms with E-state index in [-0.39, 0.29) is 6.04 Å². The second kappa shape index (κ2) is 3.38. The molecule has 2 aromatic rings. The molecule has 0 aliphatic heterocycles. The zero-order valence-corrected chi connectivity index (χ0v) is 8.79. The fourth-order valence-electron chi connectivity index (χ4n) is 2.65. The first-order chi connectivity index (χ1) is 7.36. The Labute approximate surface area is 89.5 Å². The molecule has 0 amide bonds. The zero-order chi connectivity index (χ0) is 10.3. The summed E-state index contributed by atoms with van der Waals surface area (Å²) in [6.07, 6.45) is 4.78. The Morgan fingerprint density at radius 3 is 3.00 bits per heavy atom. The molecule has 0 spiro atoms. The van der Waals surface area contributed by atoms with Crippen LogP contribution in [0.2, 0.25) is 0 Å². The van der Waals surface area contributed by atoms with Crippen molar-refractivity contribution in [1.29, 1.82) is 0 Å². The fourth-order valence-corrected chi connectivity index (χ4v) is 2.65. The molecule has 78 valence electrons. The fraction of sp³-hybridized carbons (Fsp3) is 0.385. The molecule has 0 saturated heterocycles. The quantitative estimate of drug-likeness (QED) is 0.631. The molecule has 1 unspecified atom stereocenters. The van der Waals surface area contributed by atoms with E-state index in [0.717, 1.165) is 12.8 Å². The minimum atomic E-state index is 0.221. The van der Waals surface area contributed by atoms with Gasteiger partial charge in [-0.05, 0) is 30.9 Å². The van der Waals surface area contributed by atoms with Gasteiger partial charge < -0.3 is 10.7 Å². The molecule has 15 heavy (non-hydrogen) atoms. The first-order valence-electron chi connectivity index (χ1n) is 5.71. The third-order valence-electron chi connectivity index (χ3n) is 3.39. The summed E-state index contributed by atoms with van der Waals surface area (Å²) >= 11 is 0. The SMILES string of the molecule is NC1CCCCc2[nH]c3ccccc3c21. The number of H-pyrrole nitrogens is 1. The number of fused-ring (bicyclic) bond motifs is 3. The lowest BCUT2D eigenvalue weighted by Gasteiger charge is -2.08. The molecular formula is C13H16N2. The van der Waals surface area contributed by atoms with Crippen molar-refractivity contribution in [3.63, 3.8) is 0 Å². The summed E-state index contributed by atoms with van der Waals surface area (Å²) in [4.78, 5) is 3.51. The first-order valence-corrected chi connectivity index (χ1v) is 5.71. The van der Waals surface area contributed by atoms with E-state index >= 15 is 0 Å². The minimum Gasteiger partial charge on any atom is -0.358 e. The van der Waals surface area contributed by atoms with Gasteiger partial charge in [-0.1, -0.05) is 24.6 Å². The number of hydrogen-bond donors (Lipinski definition) is 2. The van der Waals surface area contributed by atoms with Crippen LogP contribution in [0.3, 0.4) is 0 Å². The monoisotopic (exact) mass is 200 g/mol. The molecule has 1 aromatic heterocycles. The summed E-state index contributed by atoms with van der Waals surface area (Å²) in [5, 5.41) is 1.32. The summed E-state index contributed by atoms with van der Waals surface area (Å²) in [6, 6.07) is 8.70. The molecule has 0 fully saturated rings. The van der Waals surface area contributed by atoms with Crippen LogP contribution in [-0.2, 0) is 6.42 Å². The topological polar surface area (TPSA) is 41.8 Å². The molecule has 0 bridgehead atoms. The van der Waals surface area contributed by atoms with Crippen LogP contribution in [0, 0.1) is 0 Å². The molecule has 1 atom stereocenters. The number of nitrogens with two attached hydrogens (primary N) is 1. The Balaban J connectivity index is 2.27. The van der Waals surface area contributed by atoms with Crippen LogP contribution in [0.25, 0.3) is 10.9 Å². The van der Waals surface area contributed by atoms with Crippen molar-refractivity contribution in [1.82, 2.24) is 4.98 Å². The summed E-state index contributed by atoms with van der Waals surface area (Å²) in [5.41, 5.74) is 10.2. The summed E-state index contributed by atoms with van der Waals surface area (Å²) in [7, 11) is 0. The normalized spacial score (nSPS) is 21.3. The highest BCUT2D eigenvalue weighted by atomic mass is 14.8. The van der Waals surface area contributed by atoms with E-state index in [1.54, 1.807) is 0 Å². The molecule has 0 radical (unpaired) electrons. The number of rotatable bonds is 0. The molecule has 1 heterocycles. The summed E-state index contributed by atoms with van der Waals surface area (Å²) in [6.45, 7) is 0. The predicted molar refractivity (Wildman–Crippen MR) is 62.8 cm³/mol.